The molecule has 0 radical (unpaired) electrons. The lowest BCUT2D eigenvalue weighted by atomic mass is 9.81. The van der Waals surface area contributed by atoms with E-state index in [0.717, 1.165) is 39.3 Å². The maximum atomic E-state index is 5.24. The zero-order valence-corrected chi connectivity index (χ0v) is 31.9. The predicted molar refractivity (Wildman–Crippen MR) is 237 cm³/mol. The molecule has 0 spiro atoms. The van der Waals surface area contributed by atoms with Crippen molar-refractivity contribution < 1.29 is 0 Å². The minimum Gasteiger partial charge on any atom is -0.228 e. The maximum Gasteiger partial charge on any atom is 0.160 e. The van der Waals surface area contributed by atoms with E-state index in [2.05, 4.69) is 178 Å². The average Bonchev–Trinajstić information content (AvgIpc) is 3.74. The molecule has 0 amide bonds. The normalized spacial score (nSPS) is 13.0. The van der Waals surface area contributed by atoms with Crippen LogP contribution in [-0.2, 0) is 5.41 Å². The first-order valence-corrected chi connectivity index (χ1v) is 20.0. The largest absolute Gasteiger partial charge is 0.228 e. The van der Waals surface area contributed by atoms with E-state index in [4.69, 9.17) is 9.97 Å². The number of benzene rings is 8. The van der Waals surface area contributed by atoms with Crippen molar-refractivity contribution in [1.29, 1.82) is 0 Å². The lowest BCUT2D eigenvalue weighted by Gasteiger charge is -2.22. The quantitative estimate of drug-likeness (QED) is 0.176. The molecule has 1 aliphatic rings. The Morgan fingerprint density at radius 3 is 1.79 bits per heavy atom. The SMILES string of the molecule is CC1(C)c2ccccc2-c2ccc(-c3ccc(-c4ccc(-c5cc(-c6ccc7sc8ccccc8c7c6)nc(-c6ccccc6)n5)c5ccccc45)cc3)cc21. The van der Waals surface area contributed by atoms with Crippen LogP contribution in [0.4, 0.5) is 0 Å². The molecule has 0 aliphatic heterocycles. The maximum absolute atomic E-state index is 5.24. The third-order valence-electron chi connectivity index (χ3n) is 11.7. The van der Waals surface area contributed by atoms with Crippen molar-refractivity contribution in [2.75, 3.05) is 0 Å². The van der Waals surface area contributed by atoms with Crippen LogP contribution in [0.1, 0.15) is 25.0 Å². The van der Waals surface area contributed by atoms with E-state index < -0.39 is 0 Å². The molecule has 2 heterocycles. The zero-order valence-electron chi connectivity index (χ0n) is 31.1. The van der Waals surface area contributed by atoms with Gasteiger partial charge in [-0.2, -0.15) is 0 Å². The van der Waals surface area contributed by atoms with E-state index in [1.54, 1.807) is 0 Å². The molecule has 2 aromatic heterocycles. The van der Waals surface area contributed by atoms with Crippen LogP contribution in [0.25, 0.3) is 98.2 Å². The Bertz CT molecular complexity index is 3150. The molecule has 0 unspecified atom stereocenters. The lowest BCUT2D eigenvalue weighted by Crippen LogP contribution is -2.14. The fourth-order valence-electron chi connectivity index (χ4n) is 8.84. The van der Waals surface area contributed by atoms with Gasteiger partial charge in [-0.1, -0.05) is 166 Å². The van der Waals surface area contributed by atoms with Crippen LogP contribution in [0.3, 0.4) is 0 Å². The molecule has 264 valence electrons. The van der Waals surface area contributed by atoms with Crippen LogP contribution in [0.5, 0.6) is 0 Å². The van der Waals surface area contributed by atoms with E-state index in [-0.39, 0.29) is 5.41 Å². The highest BCUT2D eigenvalue weighted by molar-refractivity contribution is 7.25. The Kier molecular flexibility index (Phi) is 7.42. The Hall–Kier alpha value is -6.68. The van der Waals surface area contributed by atoms with Gasteiger partial charge in [-0.25, -0.2) is 9.97 Å². The summed E-state index contributed by atoms with van der Waals surface area (Å²) in [5.41, 5.74) is 15.3. The first-order valence-electron chi connectivity index (χ1n) is 19.2. The van der Waals surface area contributed by atoms with Crippen LogP contribution in [0, 0.1) is 0 Å². The Morgan fingerprint density at radius 1 is 0.357 bits per heavy atom. The highest BCUT2D eigenvalue weighted by atomic mass is 32.1. The number of rotatable bonds is 5. The van der Waals surface area contributed by atoms with Crippen LogP contribution >= 0.6 is 11.3 Å². The fraction of sp³-hybridized carbons (Fsp3) is 0.0566. The number of thiophene rings is 1. The predicted octanol–water partition coefficient (Wildman–Crippen LogP) is 14.6. The van der Waals surface area contributed by atoms with Crippen molar-refractivity contribution >= 4 is 42.3 Å². The molecule has 2 nitrogen and oxygen atoms in total. The first-order chi connectivity index (χ1) is 27.5. The molecular weight excluding hydrogens is 697 g/mol. The van der Waals surface area contributed by atoms with Gasteiger partial charge in [0.05, 0.1) is 11.4 Å². The van der Waals surface area contributed by atoms with Gasteiger partial charge in [0, 0.05) is 42.3 Å². The van der Waals surface area contributed by atoms with Crippen LogP contribution in [-0.4, -0.2) is 9.97 Å². The summed E-state index contributed by atoms with van der Waals surface area (Å²) in [4.78, 5) is 10.4. The molecule has 8 aromatic carbocycles. The Labute approximate surface area is 330 Å². The third-order valence-corrected chi connectivity index (χ3v) is 12.9. The van der Waals surface area contributed by atoms with Crippen molar-refractivity contribution in [3.05, 3.63) is 193 Å². The first kappa shape index (κ1) is 32.7. The van der Waals surface area contributed by atoms with Gasteiger partial charge in [0.25, 0.3) is 0 Å². The molecule has 0 saturated heterocycles. The van der Waals surface area contributed by atoms with Crippen molar-refractivity contribution in [1.82, 2.24) is 9.97 Å². The number of hydrogen-bond donors (Lipinski definition) is 0. The summed E-state index contributed by atoms with van der Waals surface area (Å²) in [5, 5.41) is 4.90. The van der Waals surface area contributed by atoms with E-state index in [9.17, 15) is 0 Å². The molecule has 10 aromatic rings. The molecule has 0 bridgehead atoms. The van der Waals surface area contributed by atoms with Crippen LogP contribution in [0.2, 0.25) is 0 Å². The molecule has 0 N–H and O–H groups in total. The summed E-state index contributed by atoms with van der Waals surface area (Å²) in [6.07, 6.45) is 0. The van der Waals surface area contributed by atoms with Gasteiger partial charge >= 0.3 is 0 Å². The summed E-state index contributed by atoms with van der Waals surface area (Å²) in [7, 11) is 0. The van der Waals surface area contributed by atoms with E-state index in [1.165, 1.54) is 70.1 Å². The lowest BCUT2D eigenvalue weighted by molar-refractivity contribution is 0.660. The van der Waals surface area contributed by atoms with E-state index >= 15 is 0 Å². The summed E-state index contributed by atoms with van der Waals surface area (Å²) in [6, 6.07) is 66.0. The summed E-state index contributed by atoms with van der Waals surface area (Å²) >= 11 is 1.84. The van der Waals surface area contributed by atoms with E-state index in [1.807, 2.05) is 29.5 Å². The van der Waals surface area contributed by atoms with Gasteiger partial charge in [-0.3, -0.25) is 0 Å². The zero-order chi connectivity index (χ0) is 37.4. The van der Waals surface area contributed by atoms with Crippen LogP contribution < -0.4 is 0 Å². The topological polar surface area (TPSA) is 25.8 Å². The van der Waals surface area contributed by atoms with Crippen LogP contribution in [0.15, 0.2) is 182 Å². The van der Waals surface area contributed by atoms with Gasteiger partial charge in [-0.15, -0.1) is 11.3 Å². The van der Waals surface area contributed by atoms with Gasteiger partial charge in [-0.05, 0) is 85.6 Å². The number of nitrogens with zero attached hydrogens (tertiary/aromatic N) is 2. The van der Waals surface area contributed by atoms with Gasteiger partial charge < -0.3 is 0 Å². The summed E-state index contributed by atoms with van der Waals surface area (Å²) in [5.74, 6) is 0.718. The van der Waals surface area contributed by atoms with Gasteiger partial charge in [0.15, 0.2) is 5.82 Å². The second-order valence-electron chi connectivity index (χ2n) is 15.4. The van der Waals surface area contributed by atoms with Gasteiger partial charge in [0.2, 0.25) is 0 Å². The molecule has 0 atom stereocenters. The number of hydrogen-bond acceptors (Lipinski definition) is 3. The smallest absolute Gasteiger partial charge is 0.160 e. The Balaban J connectivity index is 0.998. The monoisotopic (exact) mass is 732 g/mol. The second kappa shape index (κ2) is 12.7. The van der Waals surface area contributed by atoms with Crippen molar-refractivity contribution in [2.45, 2.75) is 19.3 Å². The molecule has 11 rings (SSSR count). The highest BCUT2D eigenvalue weighted by Crippen LogP contribution is 2.49. The van der Waals surface area contributed by atoms with Crippen molar-refractivity contribution in [2.24, 2.45) is 0 Å². The van der Waals surface area contributed by atoms with Gasteiger partial charge in [0.1, 0.15) is 0 Å². The Morgan fingerprint density at radius 2 is 0.946 bits per heavy atom. The average molecular weight is 733 g/mol. The summed E-state index contributed by atoms with van der Waals surface area (Å²) in [6.45, 7) is 4.69. The fourth-order valence-corrected chi connectivity index (χ4v) is 9.92. The molecule has 3 heteroatoms. The number of aromatic nitrogens is 2. The molecule has 0 saturated carbocycles. The second-order valence-corrected chi connectivity index (χ2v) is 16.4. The highest BCUT2D eigenvalue weighted by Gasteiger charge is 2.35. The standard InChI is InChI=1S/C53H36N2S/c1-53(2)46-18-10-8-16-41(46)42-26-24-36(31-47(42)53)33-20-22-34(23-21-33)38-27-28-43(40-15-7-6-14-39(38)40)49-32-48(54-52(55-49)35-12-4-3-5-13-35)37-25-29-51-45(30-37)44-17-9-11-19-50(44)56-51/h3-32H,1-2H3. The number of fused-ring (bicyclic) bond motifs is 7. The van der Waals surface area contributed by atoms with Crippen molar-refractivity contribution in [3.63, 3.8) is 0 Å². The minimum absolute atomic E-state index is 0.0265. The molecule has 0 fully saturated rings. The van der Waals surface area contributed by atoms with E-state index in [0.29, 0.717) is 0 Å². The molecular formula is C53H36N2S. The third kappa shape index (κ3) is 5.23. The summed E-state index contributed by atoms with van der Waals surface area (Å²) < 4.78 is 2.58. The minimum atomic E-state index is -0.0265. The molecule has 56 heavy (non-hydrogen) atoms. The molecule has 1 aliphatic carbocycles. The van der Waals surface area contributed by atoms with Crippen molar-refractivity contribution in [3.8, 4) is 67.3 Å².